The van der Waals surface area contributed by atoms with Crippen LogP contribution in [0.25, 0.3) is 0 Å². The van der Waals surface area contributed by atoms with E-state index in [1.54, 1.807) is 12.1 Å². The maximum Gasteiger partial charge on any atom is 0.222 e. The summed E-state index contributed by atoms with van der Waals surface area (Å²) in [5.41, 5.74) is 3.28. The second-order valence-corrected chi connectivity index (χ2v) is 10.3. The number of nitrogens with zero attached hydrogens (tertiary/aromatic N) is 4. The predicted molar refractivity (Wildman–Crippen MR) is 129 cm³/mol. The molecule has 2 atom stereocenters. The standard InChI is InChI=1S/C25H31N5O2S/c1-3-21-10-22-23(33-21)6-9-32-25(22)7-8-30(17(2)11-25)16-18-12-27-24(28-13-18)29-14-19-4-5-20(31)15-26-19/h4-5,10,12-13,15,17,31H,3,6-9,11,14,16H2,1-2H3,(H,27,28,29)/t17-,25+/m0/s1. The van der Waals surface area contributed by atoms with Crippen LogP contribution in [0.2, 0.25) is 0 Å². The molecule has 3 aromatic heterocycles. The lowest BCUT2D eigenvalue weighted by Crippen LogP contribution is -2.50. The minimum Gasteiger partial charge on any atom is -0.506 e. The first-order valence-electron chi connectivity index (χ1n) is 11.7. The molecule has 7 nitrogen and oxygen atoms in total. The van der Waals surface area contributed by atoms with Gasteiger partial charge >= 0.3 is 0 Å². The molecule has 0 aliphatic carbocycles. The van der Waals surface area contributed by atoms with Crippen LogP contribution in [0.5, 0.6) is 5.75 Å². The number of aromatic hydroxyl groups is 1. The number of likely N-dealkylation sites (tertiary alicyclic amines) is 1. The van der Waals surface area contributed by atoms with Gasteiger partial charge in [-0.2, -0.15) is 0 Å². The zero-order valence-corrected chi connectivity index (χ0v) is 20.1. The first-order valence-corrected chi connectivity index (χ1v) is 12.5. The van der Waals surface area contributed by atoms with E-state index >= 15 is 0 Å². The molecule has 0 radical (unpaired) electrons. The smallest absolute Gasteiger partial charge is 0.222 e. The van der Waals surface area contributed by atoms with Crippen LogP contribution >= 0.6 is 11.3 Å². The molecule has 0 unspecified atom stereocenters. The van der Waals surface area contributed by atoms with Crippen molar-refractivity contribution in [1.29, 1.82) is 0 Å². The molecule has 0 aromatic carbocycles. The van der Waals surface area contributed by atoms with E-state index in [-0.39, 0.29) is 11.4 Å². The van der Waals surface area contributed by atoms with Crippen LogP contribution in [0, 0.1) is 0 Å². The van der Waals surface area contributed by atoms with Crippen LogP contribution in [0.15, 0.2) is 36.8 Å². The lowest BCUT2D eigenvalue weighted by atomic mass is 9.79. The summed E-state index contributed by atoms with van der Waals surface area (Å²) < 4.78 is 6.47. The summed E-state index contributed by atoms with van der Waals surface area (Å²) in [5.74, 6) is 0.736. The molecule has 2 N–H and O–H groups in total. The first-order chi connectivity index (χ1) is 16.0. The topological polar surface area (TPSA) is 83.4 Å². The molecule has 1 fully saturated rings. The second-order valence-electron chi connectivity index (χ2n) is 9.05. The van der Waals surface area contributed by atoms with Crippen molar-refractivity contribution in [2.75, 3.05) is 18.5 Å². The van der Waals surface area contributed by atoms with Crippen molar-refractivity contribution in [1.82, 2.24) is 19.9 Å². The normalized spacial score (nSPS) is 22.9. The fourth-order valence-electron chi connectivity index (χ4n) is 4.96. The van der Waals surface area contributed by atoms with Crippen molar-refractivity contribution in [2.45, 2.75) is 64.3 Å². The Morgan fingerprint density at radius 1 is 1.24 bits per heavy atom. The van der Waals surface area contributed by atoms with E-state index in [4.69, 9.17) is 4.74 Å². The summed E-state index contributed by atoms with van der Waals surface area (Å²) in [5, 5.41) is 12.5. The predicted octanol–water partition coefficient (Wildman–Crippen LogP) is 4.27. The van der Waals surface area contributed by atoms with Crippen molar-refractivity contribution in [3.05, 3.63) is 63.4 Å². The van der Waals surface area contributed by atoms with Crippen LogP contribution in [-0.4, -0.2) is 44.2 Å². The highest BCUT2D eigenvalue weighted by molar-refractivity contribution is 7.12. The number of piperidine rings is 1. The number of aryl methyl sites for hydroxylation is 1. The maximum absolute atomic E-state index is 9.33. The molecule has 5 heterocycles. The number of pyridine rings is 1. The van der Waals surface area contributed by atoms with Crippen molar-refractivity contribution in [3.63, 3.8) is 0 Å². The summed E-state index contributed by atoms with van der Waals surface area (Å²) >= 11 is 1.98. The molecule has 2 aliphatic rings. The summed E-state index contributed by atoms with van der Waals surface area (Å²) in [6, 6.07) is 6.24. The number of thiophene rings is 1. The van der Waals surface area contributed by atoms with E-state index in [9.17, 15) is 5.11 Å². The highest BCUT2D eigenvalue weighted by atomic mass is 32.1. The Bertz CT molecular complexity index is 1090. The number of anilines is 1. The summed E-state index contributed by atoms with van der Waals surface area (Å²) in [6.07, 6.45) is 9.46. The second kappa shape index (κ2) is 9.37. The van der Waals surface area contributed by atoms with Crippen molar-refractivity contribution in [3.8, 4) is 5.75 Å². The van der Waals surface area contributed by atoms with E-state index in [1.807, 2.05) is 23.7 Å². The van der Waals surface area contributed by atoms with E-state index in [0.29, 0.717) is 18.5 Å². The lowest BCUT2D eigenvalue weighted by Gasteiger charge is -2.47. The number of hydrogen-bond donors (Lipinski definition) is 2. The molecule has 5 rings (SSSR count). The third kappa shape index (κ3) is 4.74. The zero-order chi connectivity index (χ0) is 22.8. The fourth-order valence-corrected chi connectivity index (χ4v) is 6.14. The molecule has 8 heteroatoms. The van der Waals surface area contributed by atoms with Crippen LogP contribution in [0.4, 0.5) is 5.95 Å². The third-order valence-corrected chi connectivity index (χ3v) is 8.13. The number of rotatable bonds is 6. The molecule has 3 aromatic rings. The van der Waals surface area contributed by atoms with Gasteiger partial charge in [-0.25, -0.2) is 9.97 Å². The number of hydrogen-bond acceptors (Lipinski definition) is 8. The maximum atomic E-state index is 9.33. The minimum atomic E-state index is -0.111. The fraction of sp³-hybridized carbons (Fsp3) is 0.480. The van der Waals surface area contributed by atoms with Crippen molar-refractivity contribution < 1.29 is 9.84 Å². The third-order valence-electron chi connectivity index (χ3n) is 6.79. The minimum absolute atomic E-state index is 0.111. The molecule has 0 amide bonds. The average molecular weight is 466 g/mol. The number of aromatic nitrogens is 3. The van der Waals surface area contributed by atoms with Gasteiger partial charge in [0, 0.05) is 53.3 Å². The van der Waals surface area contributed by atoms with Crippen LogP contribution in [0.1, 0.15) is 53.3 Å². The van der Waals surface area contributed by atoms with Gasteiger partial charge < -0.3 is 15.2 Å². The molecule has 174 valence electrons. The van der Waals surface area contributed by atoms with Gasteiger partial charge in [0.2, 0.25) is 5.95 Å². The number of ether oxygens (including phenoxy) is 1. The van der Waals surface area contributed by atoms with Gasteiger partial charge in [0.1, 0.15) is 5.75 Å². The first kappa shape index (κ1) is 22.3. The summed E-state index contributed by atoms with van der Waals surface area (Å²) in [4.78, 5) is 18.7. The molecule has 1 spiro atoms. The van der Waals surface area contributed by atoms with Gasteiger partial charge in [0.15, 0.2) is 0 Å². The Morgan fingerprint density at radius 2 is 2.09 bits per heavy atom. The number of fused-ring (bicyclic) bond motifs is 2. The van der Waals surface area contributed by atoms with E-state index < -0.39 is 0 Å². The van der Waals surface area contributed by atoms with Crippen LogP contribution in [0.3, 0.4) is 0 Å². The van der Waals surface area contributed by atoms with Crippen LogP contribution < -0.4 is 5.32 Å². The summed E-state index contributed by atoms with van der Waals surface area (Å²) in [6.45, 7) is 7.75. The van der Waals surface area contributed by atoms with Gasteiger partial charge in [-0.1, -0.05) is 6.92 Å². The zero-order valence-electron chi connectivity index (χ0n) is 19.3. The highest BCUT2D eigenvalue weighted by Gasteiger charge is 2.44. The Balaban J connectivity index is 1.19. The Morgan fingerprint density at radius 3 is 2.82 bits per heavy atom. The quantitative estimate of drug-likeness (QED) is 0.563. The van der Waals surface area contributed by atoms with Gasteiger partial charge in [0.25, 0.3) is 0 Å². The van der Waals surface area contributed by atoms with Crippen LogP contribution in [-0.2, 0) is 36.3 Å². The molecule has 0 bridgehead atoms. The van der Waals surface area contributed by atoms with Gasteiger partial charge in [-0.3, -0.25) is 9.88 Å². The Kier molecular flexibility index (Phi) is 6.32. The summed E-state index contributed by atoms with van der Waals surface area (Å²) in [7, 11) is 0. The molecule has 33 heavy (non-hydrogen) atoms. The SMILES string of the molecule is CCc1cc2c(s1)CCO[C@@]21CCN(Cc2cnc(NCc3ccc(O)cn3)nc2)[C@@H](C)C1. The molecule has 1 saturated heterocycles. The molecule has 0 saturated carbocycles. The molecular weight excluding hydrogens is 434 g/mol. The van der Waals surface area contributed by atoms with E-state index in [2.05, 4.69) is 45.1 Å². The van der Waals surface area contributed by atoms with E-state index in [1.165, 1.54) is 21.5 Å². The van der Waals surface area contributed by atoms with Gasteiger partial charge in [-0.15, -0.1) is 11.3 Å². The average Bonchev–Trinajstić information content (AvgIpc) is 3.27. The Labute approximate surface area is 198 Å². The lowest BCUT2D eigenvalue weighted by molar-refractivity contribution is -0.112. The van der Waals surface area contributed by atoms with Crippen molar-refractivity contribution in [2.24, 2.45) is 0 Å². The van der Waals surface area contributed by atoms with Gasteiger partial charge in [-0.05, 0) is 49.9 Å². The monoisotopic (exact) mass is 465 g/mol. The Hall–Kier alpha value is -2.55. The molecular formula is C25H31N5O2S. The molecule has 2 aliphatic heterocycles. The highest BCUT2D eigenvalue weighted by Crippen LogP contribution is 2.46. The van der Waals surface area contributed by atoms with E-state index in [0.717, 1.165) is 56.6 Å². The van der Waals surface area contributed by atoms with Gasteiger partial charge in [0.05, 0.1) is 30.6 Å². The van der Waals surface area contributed by atoms with Crippen molar-refractivity contribution >= 4 is 17.3 Å². The largest absolute Gasteiger partial charge is 0.506 e. The number of nitrogens with one attached hydrogen (secondary N) is 1.